The van der Waals surface area contributed by atoms with Gasteiger partial charge in [-0.2, -0.15) is 0 Å². The summed E-state index contributed by atoms with van der Waals surface area (Å²) in [6.07, 6.45) is 1.73. The number of hydrogen-bond acceptors (Lipinski definition) is 5. The van der Waals surface area contributed by atoms with Crippen molar-refractivity contribution < 1.29 is 28.6 Å². The Balaban J connectivity index is 2.03. The van der Waals surface area contributed by atoms with Crippen LogP contribution in [0, 0.1) is 5.92 Å². The van der Waals surface area contributed by atoms with Crippen molar-refractivity contribution >= 4 is 5.97 Å². The maximum atomic E-state index is 11.8. The van der Waals surface area contributed by atoms with Crippen molar-refractivity contribution in [2.24, 2.45) is 5.92 Å². The van der Waals surface area contributed by atoms with Crippen molar-refractivity contribution in [3.63, 3.8) is 0 Å². The molecule has 0 spiro atoms. The van der Waals surface area contributed by atoms with Crippen molar-refractivity contribution in [3.05, 3.63) is 17.7 Å². The van der Waals surface area contributed by atoms with Gasteiger partial charge in [-0.25, -0.2) is 0 Å². The molecule has 0 unspecified atom stereocenters. The molecule has 0 amide bonds. The summed E-state index contributed by atoms with van der Waals surface area (Å²) in [6, 6.07) is 3.83. The van der Waals surface area contributed by atoms with Gasteiger partial charge in [0.05, 0.1) is 52.5 Å². The van der Waals surface area contributed by atoms with Crippen LogP contribution in [0.25, 0.3) is 0 Å². The standard InChI is InChI=1S/C18H27NO5/c1-5-24-18(20)13-6-8-19(9-7-13)12-14-10-16(22-3)17(23-4)11-15(14)21-2/h10-11,13H,5-9,12H2,1-4H3/p+1. The van der Waals surface area contributed by atoms with E-state index in [0.717, 1.165) is 43.8 Å². The molecular weight excluding hydrogens is 310 g/mol. The number of esters is 1. The number of benzene rings is 1. The first-order valence-corrected chi connectivity index (χ1v) is 8.42. The van der Waals surface area contributed by atoms with Gasteiger partial charge in [0.15, 0.2) is 11.5 Å². The summed E-state index contributed by atoms with van der Waals surface area (Å²) in [5, 5.41) is 0. The SMILES string of the molecule is CCOC(=O)C1CC[NH+](Cc2cc(OC)c(OC)cc2OC)CC1. The van der Waals surface area contributed by atoms with Crippen molar-refractivity contribution in [2.45, 2.75) is 26.3 Å². The molecule has 0 radical (unpaired) electrons. The Labute approximate surface area is 143 Å². The van der Waals surface area contributed by atoms with Crippen molar-refractivity contribution in [1.29, 1.82) is 0 Å². The minimum atomic E-state index is -0.0553. The van der Waals surface area contributed by atoms with Crippen LogP contribution in [0.5, 0.6) is 17.2 Å². The second kappa shape index (κ2) is 8.78. The number of likely N-dealkylation sites (tertiary alicyclic amines) is 1. The zero-order valence-corrected chi connectivity index (χ0v) is 15.0. The van der Waals surface area contributed by atoms with E-state index in [9.17, 15) is 4.79 Å². The fourth-order valence-electron chi connectivity index (χ4n) is 3.20. The van der Waals surface area contributed by atoms with Crippen LogP contribution >= 0.6 is 0 Å². The highest BCUT2D eigenvalue weighted by atomic mass is 16.5. The summed E-state index contributed by atoms with van der Waals surface area (Å²) in [6.45, 7) is 5.03. The zero-order chi connectivity index (χ0) is 17.5. The van der Waals surface area contributed by atoms with Crippen molar-refractivity contribution in [2.75, 3.05) is 41.0 Å². The first-order chi connectivity index (χ1) is 11.6. The summed E-state index contributed by atoms with van der Waals surface area (Å²) in [7, 11) is 4.90. The Morgan fingerprint density at radius 1 is 1.04 bits per heavy atom. The molecule has 0 aromatic heterocycles. The molecule has 1 aromatic rings. The molecule has 24 heavy (non-hydrogen) atoms. The predicted molar refractivity (Wildman–Crippen MR) is 89.9 cm³/mol. The molecule has 1 heterocycles. The molecule has 0 aliphatic carbocycles. The largest absolute Gasteiger partial charge is 0.496 e. The van der Waals surface area contributed by atoms with Gasteiger partial charge in [0.1, 0.15) is 12.3 Å². The smallest absolute Gasteiger partial charge is 0.309 e. The lowest BCUT2D eigenvalue weighted by Crippen LogP contribution is -3.11. The summed E-state index contributed by atoms with van der Waals surface area (Å²) in [5.74, 6) is 2.15. The van der Waals surface area contributed by atoms with Crippen LogP contribution in [0.4, 0.5) is 0 Å². The Kier molecular flexibility index (Phi) is 6.73. The predicted octanol–water partition coefficient (Wildman–Crippen LogP) is 1.07. The van der Waals surface area contributed by atoms with E-state index in [2.05, 4.69) is 0 Å². The lowest BCUT2D eigenvalue weighted by atomic mass is 9.96. The van der Waals surface area contributed by atoms with Crippen LogP contribution in [0.2, 0.25) is 0 Å². The van der Waals surface area contributed by atoms with Crippen molar-refractivity contribution in [1.82, 2.24) is 0 Å². The first-order valence-electron chi connectivity index (χ1n) is 8.42. The van der Waals surface area contributed by atoms with Gasteiger partial charge < -0.3 is 23.8 Å². The van der Waals surface area contributed by atoms with Gasteiger partial charge in [-0.05, 0) is 13.0 Å². The van der Waals surface area contributed by atoms with E-state index in [-0.39, 0.29) is 11.9 Å². The molecule has 0 atom stereocenters. The van der Waals surface area contributed by atoms with E-state index in [0.29, 0.717) is 18.1 Å². The minimum Gasteiger partial charge on any atom is -0.496 e. The van der Waals surface area contributed by atoms with Crippen molar-refractivity contribution in [3.8, 4) is 17.2 Å². The molecule has 1 N–H and O–H groups in total. The molecule has 6 heteroatoms. The number of hydrogen-bond donors (Lipinski definition) is 1. The number of rotatable bonds is 7. The molecule has 1 aromatic carbocycles. The third-order valence-corrected chi connectivity index (χ3v) is 4.54. The molecular formula is C18H28NO5+. The highest BCUT2D eigenvalue weighted by molar-refractivity contribution is 5.72. The highest BCUT2D eigenvalue weighted by Gasteiger charge is 2.29. The number of quaternary nitrogens is 1. The summed E-state index contributed by atoms with van der Waals surface area (Å²) in [5.41, 5.74) is 1.08. The summed E-state index contributed by atoms with van der Waals surface area (Å²) < 4.78 is 21.3. The monoisotopic (exact) mass is 338 g/mol. The Bertz CT molecular complexity index is 553. The van der Waals surface area contributed by atoms with Gasteiger partial charge in [0.2, 0.25) is 0 Å². The number of nitrogens with one attached hydrogen (secondary N) is 1. The maximum absolute atomic E-state index is 11.8. The van der Waals surface area contributed by atoms with Gasteiger partial charge in [-0.3, -0.25) is 4.79 Å². The second-order valence-electron chi connectivity index (χ2n) is 5.97. The Morgan fingerprint density at radius 2 is 1.62 bits per heavy atom. The summed E-state index contributed by atoms with van der Waals surface area (Å²) >= 11 is 0. The summed E-state index contributed by atoms with van der Waals surface area (Å²) in [4.78, 5) is 13.3. The molecule has 1 aliphatic rings. The van der Waals surface area contributed by atoms with E-state index >= 15 is 0 Å². The molecule has 6 nitrogen and oxygen atoms in total. The lowest BCUT2D eigenvalue weighted by Gasteiger charge is -2.28. The first kappa shape index (κ1) is 18.4. The Hall–Kier alpha value is -1.95. The molecule has 1 aliphatic heterocycles. The normalized spacial score (nSPS) is 20.3. The topological polar surface area (TPSA) is 58.4 Å². The Morgan fingerprint density at radius 3 is 2.17 bits per heavy atom. The molecule has 0 saturated carbocycles. The van der Waals surface area contributed by atoms with Gasteiger partial charge in [0, 0.05) is 18.9 Å². The highest BCUT2D eigenvalue weighted by Crippen LogP contribution is 2.34. The molecule has 2 rings (SSSR count). The number of ether oxygens (including phenoxy) is 4. The van der Waals surface area contributed by atoms with E-state index in [1.54, 1.807) is 21.3 Å². The minimum absolute atomic E-state index is 0.0426. The molecule has 1 saturated heterocycles. The van der Waals surface area contributed by atoms with Gasteiger partial charge in [0.25, 0.3) is 0 Å². The van der Waals surface area contributed by atoms with E-state index in [1.807, 2.05) is 19.1 Å². The number of piperidine rings is 1. The fraction of sp³-hybridized carbons (Fsp3) is 0.611. The zero-order valence-electron chi connectivity index (χ0n) is 15.0. The average molecular weight is 338 g/mol. The van der Waals surface area contributed by atoms with Crippen LogP contribution in [0.3, 0.4) is 0 Å². The van der Waals surface area contributed by atoms with E-state index in [4.69, 9.17) is 18.9 Å². The van der Waals surface area contributed by atoms with Crippen LogP contribution in [-0.2, 0) is 16.1 Å². The van der Waals surface area contributed by atoms with Crippen LogP contribution in [0.1, 0.15) is 25.3 Å². The van der Waals surface area contributed by atoms with E-state index in [1.165, 1.54) is 4.90 Å². The lowest BCUT2D eigenvalue weighted by molar-refractivity contribution is -0.919. The van der Waals surface area contributed by atoms with Crippen LogP contribution in [0.15, 0.2) is 12.1 Å². The van der Waals surface area contributed by atoms with E-state index < -0.39 is 0 Å². The number of methoxy groups -OCH3 is 3. The fourth-order valence-corrected chi connectivity index (χ4v) is 3.20. The number of carbonyl (C=O) groups is 1. The molecule has 1 fully saturated rings. The van der Waals surface area contributed by atoms with Crippen LogP contribution < -0.4 is 19.1 Å². The molecule has 134 valence electrons. The molecule has 0 bridgehead atoms. The third kappa shape index (κ3) is 4.32. The van der Waals surface area contributed by atoms with Gasteiger partial charge in [-0.15, -0.1) is 0 Å². The third-order valence-electron chi connectivity index (χ3n) is 4.54. The average Bonchev–Trinajstić information content (AvgIpc) is 2.62. The maximum Gasteiger partial charge on any atom is 0.309 e. The van der Waals surface area contributed by atoms with Crippen LogP contribution in [-0.4, -0.2) is 47.0 Å². The van der Waals surface area contributed by atoms with Gasteiger partial charge >= 0.3 is 5.97 Å². The second-order valence-corrected chi connectivity index (χ2v) is 5.97. The number of carbonyl (C=O) groups excluding carboxylic acids is 1. The quantitative estimate of drug-likeness (QED) is 0.754. The van der Waals surface area contributed by atoms with Gasteiger partial charge in [-0.1, -0.05) is 0 Å².